The highest BCUT2D eigenvalue weighted by Crippen LogP contribution is 2.19. The van der Waals surface area contributed by atoms with E-state index >= 15 is 0 Å². The van der Waals surface area contributed by atoms with Gasteiger partial charge in [0.25, 0.3) is 11.6 Å². The predicted molar refractivity (Wildman–Crippen MR) is 87.0 cm³/mol. The molecular formula is C16H21N3O5. The highest BCUT2D eigenvalue weighted by Gasteiger charge is 2.22. The maximum Gasteiger partial charge on any atom is 0.338 e. The van der Waals surface area contributed by atoms with Gasteiger partial charge in [0.15, 0.2) is 0 Å². The van der Waals surface area contributed by atoms with Crippen molar-refractivity contribution in [3.05, 3.63) is 39.4 Å². The van der Waals surface area contributed by atoms with E-state index in [0.717, 1.165) is 32.0 Å². The van der Waals surface area contributed by atoms with Gasteiger partial charge < -0.3 is 15.0 Å². The number of nitrogens with one attached hydrogen (secondary N) is 1. The third-order valence-electron chi connectivity index (χ3n) is 3.96. The second kappa shape index (κ2) is 7.87. The zero-order valence-corrected chi connectivity index (χ0v) is 13.8. The first kappa shape index (κ1) is 17.9. The maximum atomic E-state index is 12.4. The molecule has 2 rings (SSSR count). The molecule has 0 aromatic heterocycles. The Hall–Kier alpha value is -2.48. The van der Waals surface area contributed by atoms with Crippen molar-refractivity contribution in [2.45, 2.75) is 25.8 Å². The van der Waals surface area contributed by atoms with Crippen LogP contribution in [0.25, 0.3) is 0 Å². The van der Waals surface area contributed by atoms with E-state index in [4.69, 9.17) is 4.74 Å². The molecule has 0 bridgehead atoms. The number of nitrogens with zero attached hydrogens (tertiary/aromatic N) is 2. The molecule has 1 saturated heterocycles. The van der Waals surface area contributed by atoms with Gasteiger partial charge in [-0.05, 0) is 46.0 Å². The second-order valence-corrected chi connectivity index (χ2v) is 5.80. The SMILES string of the molecule is CCOC(=O)c1cc(C(=O)NC2CCN(C)CC2)cc([N+](=O)[O-])c1. The Kier molecular flexibility index (Phi) is 5.86. The van der Waals surface area contributed by atoms with Gasteiger partial charge in [-0.25, -0.2) is 4.79 Å². The van der Waals surface area contributed by atoms with E-state index in [1.54, 1.807) is 6.92 Å². The first-order chi connectivity index (χ1) is 11.4. The van der Waals surface area contributed by atoms with Gasteiger partial charge in [0.1, 0.15) is 0 Å². The monoisotopic (exact) mass is 335 g/mol. The van der Waals surface area contributed by atoms with Crippen LogP contribution in [-0.2, 0) is 4.74 Å². The molecule has 1 fully saturated rings. The summed E-state index contributed by atoms with van der Waals surface area (Å²) in [6.07, 6.45) is 1.64. The second-order valence-electron chi connectivity index (χ2n) is 5.80. The van der Waals surface area contributed by atoms with E-state index in [2.05, 4.69) is 10.2 Å². The van der Waals surface area contributed by atoms with Gasteiger partial charge >= 0.3 is 5.97 Å². The standard InChI is InChI=1S/C16H21N3O5/c1-3-24-16(21)12-8-11(9-14(10-12)19(22)23)15(20)17-13-4-6-18(2)7-5-13/h8-10,13H,3-7H2,1-2H3,(H,17,20). The molecule has 0 atom stereocenters. The third-order valence-corrected chi connectivity index (χ3v) is 3.96. The topological polar surface area (TPSA) is 102 Å². The van der Waals surface area contributed by atoms with Crippen LogP contribution in [0, 0.1) is 10.1 Å². The Morgan fingerprint density at radius 3 is 2.50 bits per heavy atom. The molecule has 8 nitrogen and oxygen atoms in total. The number of likely N-dealkylation sites (tertiary alicyclic amines) is 1. The summed E-state index contributed by atoms with van der Waals surface area (Å²) < 4.78 is 4.86. The zero-order chi connectivity index (χ0) is 17.7. The van der Waals surface area contributed by atoms with Gasteiger partial charge in [-0.15, -0.1) is 0 Å². The molecule has 0 radical (unpaired) electrons. The highest BCUT2D eigenvalue weighted by atomic mass is 16.6. The van der Waals surface area contributed by atoms with Gasteiger partial charge in [-0.3, -0.25) is 14.9 Å². The van der Waals surface area contributed by atoms with Crippen molar-refractivity contribution >= 4 is 17.6 Å². The Bertz CT molecular complexity index is 639. The number of rotatable bonds is 5. The van der Waals surface area contributed by atoms with Crippen LogP contribution in [0.2, 0.25) is 0 Å². The van der Waals surface area contributed by atoms with E-state index < -0.39 is 16.8 Å². The number of nitro benzene ring substituents is 1. The molecule has 1 aliphatic rings. The van der Waals surface area contributed by atoms with Gasteiger partial charge in [-0.2, -0.15) is 0 Å². The summed E-state index contributed by atoms with van der Waals surface area (Å²) in [5, 5.41) is 13.9. The molecule has 1 N–H and O–H groups in total. The number of hydrogen-bond donors (Lipinski definition) is 1. The molecule has 0 aliphatic carbocycles. The largest absolute Gasteiger partial charge is 0.462 e. The molecule has 0 spiro atoms. The number of ether oxygens (including phenoxy) is 1. The Morgan fingerprint density at radius 2 is 1.92 bits per heavy atom. The average molecular weight is 335 g/mol. The van der Waals surface area contributed by atoms with Crippen LogP contribution in [0.3, 0.4) is 0 Å². The Labute approximate surface area is 139 Å². The molecule has 0 saturated carbocycles. The normalized spacial score (nSPS) is 15.8. The number of amides is 1. The fourth-order valence-electron chi connectivity index (χ4n) is 2.60. The summed E-state index contributed by atoms with van der Waals surface area (Å²) in [7, 11) is 2.02. The van der Waals surface area contributed by atoms with Crippen molar-refractivity contribution in [2.24, 2.45) is 0 Å². The summed E-state index contributed by atoms with van der Waals surface area (Å²) >= 11 is 0. The first-order valence-corrected chi connectivity index (χ1v) is 7.86. The number of hydrogen-bond acceptors (Lipinski definition) is 6. The minimum absolute atomic E-state index is 0.000391. The maximum absolute atomic E-state index is 12.4. The quantitative estimate of drug-likeness (QED) is 0.498. The summed E-state index contributed by atoms with van der Waals surface area (Å²) in [4.78, 5) is 36.8. The summed E-state index contributed by atoms with van der Waals surface area (Å²) in [6, 6.07) is 3.64. The number of carbonyl (C=O) groups is 2. The van der Waals surface area contributed by atoms with E-state index in [0.29, 0.717) is 0 Å². The van der Waals surface area contributed by atoms with Crippen LogP contribution < -0.4 is 5.32 Å². The van der Waals surface area contributed by atoms with Crippen LogP contribution >= 0.6 is 0 Å². The Balaban J connectivity index is 2.19. The molecule has 1 aliphatic heterocycles. The van der Waals surface area contributed by atoms with Crippen molar-refractivity contribution in [3.63, 3.8) is 0 Å². The van der Waals surface area contributed by atoms with E-state index in [1.165, 1.54) is 12.1 Å². The Morgan fingerprint density at radius 1 is 1.29 bits per heavy atom. The van der Waals surface area contributed by atoms with E-state index in [-0.39, 0.29) is 29.5 Å². The number of nitro groups is 1. The molecule has 1 amide bonds. The molecule has 0 unspecified atom stereocenters. The summed E-state index contributed by atoms with van der Waals surface area (Å²) in [5.74, 6) is -1.10. The molecule has 24 heavy (non-hydrogen) atoms. The first-order valence-electron chi connectivity index (χ1n) is 7.86. The van der Waals surface area contributed by atoms with Crippen molar-refractivity contribution < 1.29 is 19.2 Å². The van der Waals surface area contributed by atoms with Crippen LogP contribution in [0.4, 0.5) is 5.69 Å². The third kappa shape index (κ3) is 4.51. The van der Waals surface area contributed by atoms with Crippen molar-refractivity contribution in [1.82, 2.24) is 10.2 Å². The molecule has 8 heteroatoms. The van der Waals surface area contributed by atoms with E-state index in [9.17, 15) is 19.7 Å². The van der Waals surface area contributed by atoms with Gasteiger partial charge in [0.05, 0.1) is 17.1 Å². The van der Waals surface area contributed by atoms with Crippen LogP contribution in [-0.4, -0.2) is 54.5 Å². The van der Waals surface area contributed by atoms with Gasteiger partial charge in [0, 0.05) is 23.7 Å². The zero-order valence-electron chi connectivity index (χ0n) is 13.8. The number of benzene rings is 1. The minimum Gasteiger partial charge on any atom is -0.462 e. The number of esters is 1. The van der Waals surface area contributed by atoms with Crippen LogP contribution in [0.1, 0.15) is 40.5 Å². The summed E-state index contributed by atoms with van der Waals surface area (Å²) in [6.45, 7) is 3.56. The van der Waals surface area contributed by atoms with E-state index in [1.807, 2.05) is 7.05 Å². The lowest BCUT2D eigenvalue weighted by atomic mass is 10.0. The average Bonchev–Trinajstić information content (AvgIpc) is 2.56. The summed E-state index contributed by atoms with van der Waals surface area (Å²) in [5.41, 5.74) is -0.222. The lowest BCUT2D eigenvalue weighted by Gasteiger charge is -2.29. The highest BCUT2D eigenvalue weighted by molar-refractivity contribution is 5.99. The number of carbonyl (C=O) groups excluding carboxylic acids is 2. The van der Waals surface area contributed by atoms with Crippen molar-refractivity contribution in [2.75, 3.05) is 26.7 Å². The fraction of sp³-hybridized carbons (Fsp3) is 0.500. The molecule has 1 heterocycles. The number of piperidine rings is 1. The van der Waals surface area contributed by atoms with Crippen LogP contribution in [0.15, 0.2) is 18.2 Å². The number of non-ortho nitro benzene ring substituents is 1. The van der Waals surface area contributed by atoms with Gasteiger partial charge in [-0.1, -0.05) is 0 Å². The van der Waals surface area contributed by atoms with Gasteiger partial charge in [0.2, 0.25) is 0 Å². The van der Waals surface area contributed by atoms with Crippen molar-refractivity contribution in [1.29, 1.82) is 0 Å². The molecule has 1 aromatic rings. The predicted octanol–water partition coefficient (Wildman–Crippen LogP) is 1.60. The molecular weight excluding hydrogens is 314 g/mol. The lowest BCUT2D eigenvalue weighted by molar-refractivity contribution is -0.384. The smallest absolute Gasteiger partial charge is 0.338 e. The lowest BCUT2D eigenvalue weighted by Crippen LogP contribution is -2.43. The molecule has 130 valence electrons. The fourth-order valence-corrected chi connectivity index (χ4v) is 2.60. The molecule has 1 aromatic carbocycles. The van der Waals surface area contributed by atoms with Crippen molar-refractivity contribution in [3.8, 4) is 0 Å². The van der Waals surface area contributed by atoms with Crippen LogP contribution in [0.5, 0.6) is 0 Å². The minimum atomic E-state index is -0.686.